The molecular weight excluding hydrogens is 391 g/mol. The molecule has 5 nitrogen and oxygen atoms in total. The molecule has 2 aromatic heterocycles. The van der Waals surface area contributed by atoms with Gasteiger partial charge in [0.2, 0.25) is 0 Å². The summed E-state index contributed by atoms with van der Waals surface area (Å²) in [6.07, 6.45) is 3.75. The number of halogens is 1. The van der Waals surface area contributed by atoms with E-state index in [-0.39, 0.29) is 17.6 Å². The predicted molar refractivity (Wildman–Crippen MR) is 118 cm³/mol. The monoisotopic (exact) mass is 418 g/mol. The van der Waals surface area contributed by atoms with E-state index in [1.165, 1.54) is 12.1 Å². The Labute approximate surface area is 182 Å². The van der Waals surface area contributed by atoms with Crippen molar-refractivity contribution in [3.8, 4) is 0 Å². The summed E-state index contributed by atoms with van der Waals surface area (Å²) < 4.78 is 13.1. The number of hydrogen-bond acceptors (Lipinski definition) is 4. The van der Waals surface area contributed by atoms with Crippen molar-refractivity contribution in [1.29, 1.82) is 0 Å². The summed E-state index contributed by atoms with van der Waals surface area (Å²) in [4.78, 5) is 24.5. The lowest BCUT2D eigenvalue weighted by Gasteiger charge is -2.32. The van der Waals surface area contributed by atoms with Gasteiger partial charge in [0.05, 0.1) is 17.0 Å². The van der Waals surface area contributed by atoms with E-state index in [0.29, 0.717) is 12.1 Å². The lowest BCUT2D eigenvalue weighted by molar-refractivity contribution is 0.0948. The van der Waals surface area contributed by atoms with Crippen LogP contribution in [0.25, 0.3) is 0 Å². The van der Waals surface area contributed by atoms with Gasteiger partial charge in [0.15, 0.2) is 0 Å². The fourth-order valence-corrected chi connectivity index (χ4v) is 4.05. The largest absolute Gasteiger partial charge is 0.348 e. The molecule has 160 valence electrons. The second-order valence-electron chi connectivity index (χ2n) is 8.07. The zero-order valence-corrected chi connectivity index (χ0v) is 17.7. The van der Waals surface area contributed by atoms with E-state index in [2.05, 4.69) is 21.3 Å². The molecule has 1 N–H and O–H groups in total. The molecular formula is C25H27FN4O. The molecule has 0 aliphatic carbocycles. The topological polar surface area (TPSA) is 58.1 Å². The summed E-state index contributed by atoms with van der Waals surface area (Å²) in [6.45, 7) is 5.07. The van der Waals surface area contributed by atoms with Gasteiger partial charge in [-0.3, -0.25) is 19.7 Å². The van der Waals surface area contributed by atoms with Gasteiger partial charge in [-0.1, -0.05) is 18.2 Å². The van der Waals surface area contributed by atoms with E-state index in [0.717, 1.165) is 55.1 Å². The molecule has 1 saturated heterocycles. The van der Waals surface area contributed by atoms with Crippen molar-refractivity contribution in [3.63, 3.8) is 0 Å². The van der Waals surface area contributed by atoms with Gasteiger partial charge in [0.25, 0.3) is 5.91 Å². The number of hydrogen-bond donors (Lipinski definition) is 1. The van der Waals surface area contributed by atoms with E-state index < -0.39 is 0 Å². The molecule has 0 saturated carbocycles. The third-order valence-electron chi connectivity index (χ3n) is 5.76. The lowest BCUT2D eigenvalue weighted by Crippen LogP contribution is -2.34. The maximum atomic E-state index is 13.1. The smallest absolute Gasteiger partial charge is 0.253 e. The molecule has 1 amide bonds. The first-order valence-corrected chi connectivity index (χ1v) is 10.7. The Hall–Kier alpha value is -3.12. The number of rotatable bonds is 6. The fraction of sp³-hybridized carbons (Fsp3) is 0.320. The number of nitrogens with one attached hydrogen (secondary N) is 1. The second-order valence-corrected chi connectivity index (χ2v) is 8.07. The molecule has 0 unspecified atom stereocenters. The highest BCUT2D eigenvalue weighted by Gasteiger charge is 2.26. The summed E-state index contributed by atoms with van der Waals surface area (Å²) in [7, 11) is 0. The number of aryl methyl sites for hydroxylation is 1. The lowest BCUT2D eigenvalue weighted by atomic mass is 9.89. The van der Waals surface area contributed by atoms with E-state index in [1.807, 2.05) is 37.4 Å². The minimum absolute atomic E-state index is 0.136. The molecule has 1 aliphatic rings. The zero-order chi connectivity index (χ0) is 21.6. The highest BCUT2D eigenvalue weighted by molar-refractivity contribution is 5.95. The number of likely N-dealkylation sites (tertiary alicyclic amines) is 1. The first-order valence-electron chi connectivity index (χ1n) is 10.7. The number of nitrogens with zero attached hydrogens (tertiary/aromatic N) is 3. The van der Waals surface area contributed by atoms with Crippen molar-refractivity contribution in [2.24, 2.45) is 0 Å². The summed E-state index contributed by atoms with van der Waals surface area (Å²) >= 11 is 0. The van der Waals surface area contributed by atoms with Crippen molar-refractivity contribution in [2.75, 3.05) is 13.1 Å². The van der Waals surface area contributed by atoms with Gasteiger partial charge in [0, 0.05) is 30.9 Å². The van der Waals surface area contributed by atoms with Crippen LogP contribution in [0.4, 0.5) is 4.39 Å². The Kier molecular flexibility index (Phi) is 6.67. The number of amides is 1. The van der Waals surface area contributed by atoms with Crippen LogP contribution in [0.3, 0.4) is 0 Å². The van der Waals surface area contributed by atoms with E-state index in [4.69, 9.17) is 4.98 Å². The van der Waals surface area contributed by atoms with Crippen LogP contribution >= 0.6 is 0 Å². The minimum atomic E-state index is -0.283. The van der Waals surface area contributed by atoms with E-state index in [9.17, 15) is 9.18 Å². The normalized spacial score (nSPS) is 15.0. The third-order valence-corrected chi connectivity index (χ3v) is 5.76. The van der Waals surface area contributed by atoms with Gasteiger partial charge in [-0.05, 0) is 74.8 Å². The van der Waals surface area contributed by atoms with Crippen molar-refractivity contribution in [1.82, 2.24) is 20.2 Å². The van der Waals surface area contributed by atoms with Crippen LogP contribution in [0, 0.1) is 12.7 Å². The molecule has 1 aromatic carbocycles. The molecule has 31 heavy (non-hydrogen) atoms. The molecule has 0 radical (unpaired) electrons. The highest BCUT2D eigenvalue weighted by atomic mass is 19.1. The van der Waals surface area contributed by atoms with Crippen molar-refractivity contribution < 1.29 is 9.18 Å². The second kappa shape index (κ2) is 9.79. The fourth-order valence-electron chi connectivity index (χ4n) is 4.05. The average molecular weight is 419 g/mol. The molecule has 3 aromatic rings. The van der Waals surface area contributed by atoms with Gasteiger partial charge in [0.1, 0.15) is 5.82 Å². The maximum absolute atomic E-state index is 13.1. The number of aromatic nitrogens is 2. The summed E-state index contributed by atoms with van der Waals surface area (Å²) in [5.74, 6) is -0.163. The minimum Gasteiger partial charge on any atom is -0.348 e. The van der Waals surface area contributed by atoms with Crippen LogP contribution in [0.15, 0.2) is 60.8 Å². The quantitative estimate of drug-likeness (QED) is 0.651. The van der Waals surface area contributed by atoms with Crippen LogP contribution in [-0.2, 0) is 13.1 Å². The Balaban J connectivity index is 1.41. The summed E-state index contributed by atoms with van der Waals surface area (Å²) in [6, 6.07) is 15.9. The molecule has 3 heterocycles. The number of pyridine rings is 2. The third kappa shape index (κ3) is 5.52. The Morgan fingerprint density at radius 3 is 2.58 bits per heavy atom. The molecule has 1 fully saturated rings. The van der Waals surface area contributed by atoms with Crippen LogP contribution in [0.5, 0.6) is 0 Å². The average Bonchev–Trinajstić information content (AvgIpc) is 2.80. The SMILES string of the molecule is Cc1ccc(C(=O)NCc2ccc(F)cc2)c(C2CCN(Cc3ccccn3)CC2)n1. The van der Waals surface area contributed by atoms with Crippen molar-refractivity contribution in [3.05, 3.63) is 94.8 Å². The van der Waals surface area contributed by atoms with Gasteiger partial charge in [-0.25, -0.2) is 4.39 Å². The molecule has 1 aliphatic heterocycles. The zero-order valence-electron chi connectivity index (χ0n) is 17.7. The van der Waals surface area contributed by atoms with Crippen LogP contribution in [0.2, 0.25) is 0 Å². The summed E-state index contributed by atoms with van der Waals surface area (Å²) in [5.41, 5.74) is 4.38. The first-order chi connectivity index (χ1) is 15.1. The Morgan fingerprint density at radius 1 is 1.10 bits per heavy atom. The molecule has 4 rings (SSSR count). The Bertz CT molecular complexity index is 1020. The predicted octanol–water partition coefficient (Wildman–Crippen LogP) is 4.23. The van der Waals surface area contributed by atoms with Crippen molar-refractivity contribution >= 4 is 5.91 Å². The van der Waals surface area contributed by atoms with Gasteiger partial charge >= 0.3 is 0 Å². The van der Waals surface area contributed by atoms with Gasteiger partial charge < -0.3 is 5.32 Å². The molecule has 0 spiro atoms. The Morgan fingerprint density at radius 2 is 1.87 bits per heavy atom. The molecule has 0 bridgehead atoms. The van der Waals surface area contributed by atoms with Gasteiger partial charge in [-0.2, -0.15) is 0 Å². The number of carbonyl (C=O) groups excluding carboxylic acids is 1. The number of piperidine rings is 1. The first kappa shape index (κ1) is 21.1. The molecule has 6 heteroatoms. The summed E-state index contributed by atoms with van der Waals surface area (Å²) in [5, 5.41) is 2.96. The maximum Gasteiger partial charge on any atom is 0.253 e. The van der Waals surface area contributed by atoms with Crippen LogP contribution < -0.4 is 5.32 Å². The highest BCUT2D eigenvalue weighted by Crippen LogP contribution is 2.30. The van der Waals surface area contributed by atoms with Gasteiger partial charge in [-0.15, -0.1) is 0 Å². The van der Waals surface area contributed by atoms with E-state index >= 15 is 0 Å². The standard InChI is InChI=1S/C25H27FN4O/c1-18-5-10-23(25(31)28-16-19-6-8-21(26)9-7-19)24(29-18)20-11-14-30(15-12-20)17-22-4-2-3-13-27-22/h2-10,13,20H,11-12,14-17H2,1H3,(H,28,31). The van der Waals surface area contributed by atoms with Crippen molar-refractivity contribution in [2.45, 2.75) is 38.8 Å². The number of carbonyl (C=O) groups is 1. The van der Waals surface area contributed by atoms with Crippen LogP contribution in [-0.4, -0.2) is 33.9 Å². The molecule has 0 atom stereocenters. The number of benzene rings is 1. The van der Waals surface area contributed by atoms with E-state index in [1.54, 1.807) is 12.1 Å². The van der Waals surface area contributed by atoms with Crippen LogP contribution in [0.1, 0.15) is 51.8 Å².